The molecule has 2 unspecified atom stereocenters. The number of sulfone groups is 1. The largest absolute Gasteiger partial charge is 1.00 e. The van der Waals surface area contributed by atoms with Crippen molar-refractivity contribution in [3.63, 3.8) is 0 Å². The molecule has 0 aromatic carbocycles. The number of nitrogens with one attached hydrogen (secondary N) is 3. The molecular weight excluding hydrogens is 445 g/mol. The van der Waals surface area contributed by atoms with Gasteiger partial charge in [-0.05, 0) is 26.7 Å². The van der Waals surface area contributed by atoms with E-state index < -0.39 is 43.1 Å². The van der Waals surface area contributed by atoms with Gasteiger partial charge in [0.2, 0.25) is 11.8 Å². The van der Waals surface area contributed by atoms with Crippen LogP contribution in [0.3, 0.4) is 0 Å². The molecule has 0 radical (unpaired) electrons. The second kappa shape index (κ2) is 13.8. The summed E-state index contributed by atoms with van der Waals surface area (Å²) in [6.45, 7) is 9.79. The number of hydrogen-bond donors (Lipinski definition) is 3. The fourth-order valence-electron chi connectivity index (χ4n) is 2.56. The Hall–Kier alpha value is -0.500. The van der Waals surface area contributed by atoms with Gasteiger partial charge in [-0.25, -0.2) is 16.8 Å². The molecule has 0 aromatic rings. The Balaban J connectivity index is 0. The zero-order valence-electron chi connectivity index (χ0n) is 18.4. The second-order valence-corrected chi connectivity index (χ2v) is 11.1. The Morgan fingerprint density at radius 3 is 2.23 bits per heavy atom. The van der Waals surface area contributed by atoms with Crippen LogP contribution in [0.25, 0.3) is 0 Å². The van der Waals surface area contributed by atoms with E-state index in [4.69, 9.17) is 0 Å². The predicted octanol–water partition coefficient (Wildman–Crippen LogP) is -3.15. The van der Waals surface area contributed by atoms with E-state index in [-0.39, 0.29) is 60.3 Å². The summed E-state index contributed by atoms with van der Waals surface area (Å²) in [4.78, 5) is 24.0. The summed E-state index contributed by atoms with van der Waals surface area (Å²) in [6, 6.07) is -0.112. The van der Waals surface area contributed by atoms with Crippen LogP contribution in [-0.2, 0) is 29.5 Å². The standard InChI is InChI=1S/C17H33N3O7S2.Na/c1-6-14(18-12-19-15(21)8-9-28(23,24)7-2)10-13(3)16(22)20-17(4,5)11-29(25,26)27;/h7,13-14,18H,2,6,8-12H2,1,3-5H3,(H,19,21)(H,20,22)(H,25,26,27);/q;+1/p-1. The van der Waals surface area contributed by atoms with E-state index in [0.717, 1.165) is 5.41 Å². The smallest absolute Gasteiger partial charge is 0.748 e. The third kappa shape index (κ3) is 15.3. The molecular formula is C17H32N3NaO7S2. The van der Waals surface area contributed by atoms with Crippen molar-refractivity contribution >= 4 is 31.8 Å². The number of rotatable bonds is 14. The van der Waals surface area contributed by atoms with Gasteiger partial charge in [0.25, 0.3) is 0 Å². The minimum atomic E-state index is -4.48. The van der Waals surface area contributed by atoms with Gasteiger partial charge in [0.15, 0.2) is 9.84 Å². The topological polar surface area (TPSA) is 162 Å². The quantitative estimate of drug-likeness (QED) is 0.134. The van der Waals surface area contributed by atoms with Crippen LogP contribution in [0.5, 0.6) is 0 Å². The molecule has 0 fully saturated rings. The Morgan fingerprint density at radius 1 is 1.20 bits per heavy atom. The molecule has 3 N–H and O–H groups in total. The fourth-order valence-corrected chi connectivity index (χ4v) is 4.16. The molecule has 0 saturated heterocycles. The molecule has 0 spiro atoms. The van der Waals surface area contributed by atoms with E-state index in [0.29, 0.717) is 12.8 Å². The fraction of sp³-hybridized carbons (Fsp3) is 0.765. The van der Waals surface area contributed by atoms with Crippen LogP contribution in [0.1, 0.15) is 47.0 Å². The molecule has 0 heterocycles. The molecule has 0 aliphatic heterocycles. The van der Waals surface area contributed by atoms with E-state index in [1.165, 1.54) is 13.8 Å². The van der Waals surface area contributed by atoms with Crippen LogP contribution >= 0.6 is 0 Å². The van der Waals surface area contributed by atoms with Crippen LogP contribution in [0.2, 0.25) is 0 Å². The van der Waals surface area contributed by atoms with Crippen molar-refractivity contribution in [2.75, 3.05) is 18.2 Å². The van der Waals surface area contributed by atoms with E-state index in [2.05, 4.69) is 22.5 Å². The third-order valence-electron chi connectivity index (χ3n) is 4.12. The minimum absolute atomic E-state index is 0. The average Bonchev–Trinajstić information content (AvgIpc) is 2.56. The first kappa shape index (κ1) is 31.7. The molecule has 0 bridgehead atoms. The zero-order valence-corrected chi connectivity index (χ0v) is 22.0. The second-order valence-electron chi connectivity index (χ2n) is 7.58. The molecule has 0 aromatic heterocycles. The summed E-state index contributed by atoms with van der Waals surface area (Å²) in [5, 5.41) is 9.01. The van der Waals surface area contributed by atoms with Crippen LogP contribution in [0, 0.1) is 5.92 Å². The zero-order chi connectivity index (χ0) is 22.9. The van der Waals surface area contributed by atoms with Crippen LogP contribution in [0.15, 0.2) is 12.0 Å². The van der Waals surface area contributed by atoms with E-state index in [1.54, 1.807) is 6.92 Å². The number of amides is 2. The van der Waals surface area contributed by atoms with E-state index in [1.807, 2.05) is 6.92 Å². The van der Waals surface area contributed by atoms with Crippen LogP contribution < -0.4 is 45.5 Å². The van der Waals surface area contributed by atoms with Crippen molar-refractivity contribution in [1.29, 1.82) is 0 Å². The average molecular weight is 478 g/mol. The molecule has 13 heteroatoms. The Bertz CT molecular complexity index is 783. The number of carbonyl (C=O) groups is 2. The van der Waals surface area contributed by atoms with Crippen molar-refractivity contribution in [2.45, 2.75) is 58.5 Å². The third-order valence-corrected chi connectivity index (χ3v) is 6.48. The van der Waals surface area contributed by atoms with Crippen LogP contribution in [0.4, 0.5) is 0 Å². The van der Waals surface area contributed by atoms with Gasteiger partial charge in [-0.15, -0.1) is 0 Å². The molecule has 0 aliphatic rings. The van der Waals surface area contributed by atoms with Gasteiger partial charge in [0.05, 0.1) is 28.3 Å². The van der Waals surface area contributed by atoms with Crippen molar-refractivity contribution in [3.05, 3.63) is 12.0 Å². The maximum atomic E-state index is 12.3. The van der Waals surface area contributed by atoms with Crippen molar-refractivity contribution in [1.82, 2.24) is 16.0 Å². The van der Waals surface area contributed by atoms with Gasteiger partial charge >= 0.3 is 29.6 Å². The maximum Gasteiger partial charge on any atom is 1.00 e. The molecule has 0 aliphatic carbocycles. The Morgan fingerprint density at radius 2 is 1.77 bits per heavy atom. The molecule has 2 atom stereocenters. The molecule has 170 valence electrons. The van der Waals surface area contributed by atoms with Gasteiger partial charge in [-0.3, -0.25) is 14.9 Å². The van der Waals surface area contributed by atoms with Crippen molar-refractivity contribution < 1.29 is 60.5 Å². The maximum absolute atomic E-state index is 12.3. The van der Waals surface area contributed by atoms with Gasteiger partial charge in [0.1, 0.15) is 0 Å². The van der Waals surface area contributed by atoms with Gasteiger partial charge in [-0.2, -0.15) is 0 Å². The van der Waals surface area contributed by atoms with Gasteiger partial charge in [-0.1, -0.05) is 20.4 Å². The summed E-state index contributed by atoms with van der Waals surface area (Å²) >= 11 is 0. The summed E-state index contributed by atoms with van der Waals surface area (Å²) in [7, 11) is -7.91. The first-order valence-corrected chi connectivity index (χ1v) is 12.5. The molecule has 0 rings (SSSR count). The molecule has 0 saturated carbocycles. The van der Waals surface area contributed by atoms with Gasteiger partial charge in [0, 0.05) is 29.3 Å². The van der Waals surface area contributed by atoms with E-state index in [9.17, 15) is 31.0 Å². The monoisotopic (exact) mass is 477 g/mol. The summed E-state index contributed by atoms with van der Waals surface area (Å²) in [5.74, 6) is -2.29. The van der Waals surface area contributed by atoms with E-state index >= 15 is 0 Å². The molecule has 30 heavy (non-hydrogen) atoms. The summed E-state index contributed by atoms with van der Waals surface area (Å²) < 4.78 is 55.4. The summed E-state index contributed by atoms with van der Waals surface area (Å²) in [5.41, 5.74) is -1.18. The van der Waals surface area contributed by atoms with Crippen molar-refractivity contribution in [3.8, 4) is 0 Å². The first-order chi connectivity index (χ1) is 13.1. The molecule has 2 amide bonds. The predicted molar refractivity (Wildman–Crippen MR) is 109 cm³/mol. The Kier molecular flexibility index (Phi) is 14.6. The van der Waals surface area contributed by atoms with Gasteiger partial charge < -0.3 is 15.2 Å². The number of hydrogen-bond acceptors (Lipinski definition) is 8. The molecule has 10 nitrogen and oxygen atoms in total. The van der Waals surface area contributed by atoms with Crippen LogP contribution in [-0.4, -0.2) is 63.0 Å². The normalized spacial score (nSPS) is 14.2. The summed E-state index contributed by atoms with van der Waals surface area (Å²) in [6.07, 6.45) is 0.906. The SMILES string of the molecule is C=CS(=O)(=O)CCC(=O)NCNC(CC)CC(C)C(=O)NC(C)(C)CS(=O)(=O)[O-].[Na+]. The first-order valence-electron chi connectivity index (χ1n) is 9.21. The number of carbonyl (C=O) groups excluding carboxylic acids is 2. The minimum Gasteiger partial charge on any atom is -0.748 e. The van der Waals surface area contributed by atoms with Crippen molar-refractivity contribution in [2.24, 2.45) is 5.92 Å². The Labute approximate surface area is 202 Å².